The highest BCUT2D eigenvalue weighted by Gasteiger charge is 2.14. The van der Waals surface area contributed by atoms with Gasteiger partial charge in [-0.3, -0.25) is 9.59 Å². The van der Waals surface area contributed by atoms with Gasteiger partial charge in [0.15, 0.2) is 16.8 Å². The zero-order chi connectivity index (χ0) is 19.2. The first-order valence-corrected chi connectivity index (χ1v) is 9.48. The topological polar surface area (TPSA) is 76.9 Å². The number of carbonyl (C=O) groups is 2. The minimum Gasteiger partial charge on any atom is -0.345 e. The van der Waals surface area contributed by atoms with Gasteiger partial charge in [0, 0.05) is 18.2 Å². The molecular formula is C20H20N4O2S. The standard InChI is InChI=1S/C20H20N4O2S/c1-14-8-6-7-11-16(14)19(26)21-12-18-22-23-20(24(18)2)27-13-17(25)15-9-4-3-5-10-15/h3-11H,12-13H2,1-2H3,(H,21,26). The lowest BCUT2D eigenvalue weighted by Crippen LogP contribution is -2.25. The van der Waals surface area contributed by atoms with E-state index in [-0.39, 0.29) is 24.0 Å². The summed E-state index contributed by atoms with van der Waals surface area (Å²) in [6.07, 6.45) is 0. The Kier molecular flexibility index (Phi) is 6.03. The molecule has 2 aromatic carbocycles. The summed E-state index contributed by atoms with van der Waals surface area (Å²) in [4.78, 5) is 24.5. The molecule has 1 aromatic heterocycles. The van der Waals surface area contributed by atoms with E-state index >= 15 is 0 Å². The van der Waals surface area contributed by atoms with Crippen molar-refractivity contribution in [2.45, 2.75) is 18.6 Å². The number of aryl methyl sites for hydroxylation is 1. The molecule has 6 nitrogen and oxygen atoms in total. The molecular weight excluding hydrogens is 360 g/mol. The van der Waals surface area contributed by atoms with E-state index in [9.17, 15) is 9.59 Å². The number of Topliss-reactive ketones (excluding diaryl/α,β-unsaturated/α-hetero) is 1. The summed E-state index contributed by atoms with van der Waals surface area (Å²) in [6, 6.07) is 16.6. The Morgan fingerprint density at radius 3 is 2.48 bits per heavy atom. The molecule has 0 aliphatic rings. The first-order valence-electron chi connectivity index (χ1n) is 8.49. The number of hydrogen-bond acceptors (Lipinski definition) is 5. The minimum atomic E-state index is -0.149. The number of nitrogens with one attached hydrogen (secondary N) is 1. The number of ketones is 1. The second kappa shape index (κ2) is 8.64. The van der Waals surface area contributed by atoms with Crippen molar-refractivity contribution in [2.75, 3.05) is 5.75 Å². The monoisotopic (exact) mass is 380 g/mol. The van der Waals surface area contributed by atoms with Gasteiger partial charge in [0.05, 0.1) is 12.3 Å². The molecule has 1 amide bonds. The van der Waals surface area contributed by atoms with Crippen LogP contribution in [0.15, 0.2) is 59.8 Å². The minimum absolute atomic E-state index is 0.0398. The second-order valence-corrected chi connectivity index (χ2v) is 6.98. The molecule has 27 heavy (non-hydrogen) atoms. The number of nitrogens with zero attached hydrogens (tertiary/aromatic N) is 3. The third-order valence-corrected chi connectivity index (χ3v) is 5.17. The Balaban J connectivity index is 1.58. The molecule has 0 atom stereocenters. The van der Waals surface area contributed by atoms with E-state index in [1.165, 1.54) is 11.8 Å². The normalized spacial score (nSPS) is 10.6. The summed E-state index contributed by atoms with van der Waals surface area (Å²) in [7, 11) is 1.82. The highest BCUT2D eigenvalue weighted by atomic mass is 32.2. The third kappa shape index (κ3) is 4.62. The van der Waals surface area contributed by atoms with Crippen LogP contribution in [-0.4, -0.2) is 32.2 Å². The van der Waals surface area contributed by atoms with Crippen LogP contribution >= 0.6 is 11.8 Å². The van der Waals surface area contributed by atoms with Crippen LogP contribution in [0.3, 0.4) is 0 Å². The van der Waals surface area contributed by atoms with Gasteiger partial charge in [-0.15, -0.1) is 10.2 Å². The van der Waals surface area contributed by atoms with Crippen molar-refractivity contribution in [2.24, 2.45) is 7.05 Å². The van der Waals surface area contributed by atoms with Crippen molar-refractivity contribution in [1.29, 1.82) is 0 Å². The van der Waals surface area contributed by atoms with Gasteiger partial charge in [-0.05, 0) is 18.6 Å². The Morgan fingerprint density at radius 1 is 1.04 bits per heavy atom. The Morgan fingerprint density at radius 2 is 1.74 bits per heavy atom. The van der Waals surface area contributed by atoms with Crippen LogP contribution in [0, 0.1) is 6.92 Å². The van der Waals surface area contributed by atoms with Crippen LogP contribution in [0.1, 0.15) is 32.1 Å². The van der Waals surface area contributed by atoms with Gasteiger partial charge in [0.25, 0.3) is 5.91 Å². The number of thioether (sulfide) groups is 1. The first kappa shape index (κ1) is 18.8. The number of aromatic nitrogens is 3. The fourth-order valence-corrected chi connectivity index (χ4v) is 3.37. The molecule has 0 fully saturated rings. The molecule has 0 aliphatic heterocycles. The van der Waals surface area contributed by atoms with E-state index in [4.69, 9.17) is 0 Å². The lowest BCUT2D eigenvalue weighted by Gasteiger charge is -2.07. The number of benzene rings is 2. The molecule has 138 valence electrons. The highest BCUT2D eigenvalue weighted by Crippen LogP contribution is 2.17. The van der Waals surface area contributed by atoms with Gasteiger partial charge in [-0.2, -0.15) is 0 Å². The fourth-order valence-electron chi connectivity index (χ4n) is 2.54. The van der Waals surface area contributed by atoms with Gasteiger partial charge in [-0.25, -0.2) is 0 Å². The summed E-state index contributed by atoms with van der Waals surface area (Å²) in [5, 5.41) is 11.7. The first-order chi connectivity index (χ1) is 13.1. The van der Waals surface area contributed by atoms with Gasteiger partial charge in [0.1, 0.15) is 0 Å². The zero-order valence-electron chi connectivity index (χ0n) is 15.2. The summed E-state index contributed by atoms with van der Waals surface area (Å²) in [5.41, 5.74) is 2.24. The molecule has 1 heterocycles. The molecule has 3 aromatic rings. The van der Waals surface area contributed by atoms with Crippen molar-refractivity contribution >= 4 is 23.5 Å². The molecule has 0 unspecified atom stereocenters. The van der Waals surface area contributed by atoms with Crippen molar-refractivity contribution in [3.63, 3.8) is 0 Å². The molecule has 1 N–H and O–H groups in total. The lowest BCUT2D eigenvalue weighted by molar-refractivity contribution is 0.0948. The molecule has 3 rings (SSSR count). The number of rotatable bonds is 7. The third-order valence-electron chi connectivity index (χ3n) is 4.15. The van der Waals surface area contributed by atoms with E-state index in [0.717, 1.165) is 5.56 Å². The van der Waals surface area contributed by atoms with Gasteiger partial charge < -0.3 is 9.88 Å². The number of carbonyl (C=O) groups excluding carboxylic acids is 2. The van der Waals surface area contributed by atoms with Crippen LogP contribution in [0.5, 0.6) is 0 Å². The molecule has 0 spiro atoms. The largest absolute Gasteiger partial charge is 0.345 e. The van der Waals surface area contributed by atoms with Gasteiger partial charge in [0.2, 0.25) is 0 Å². The van der Waals surface area contributed by atoms with Crippen LogP contribution in [-0.2, 0) is 13.6 Å². The highest BCUT2D eigenvalue weighted by molar-refractivity contribution is 7.99. The maximum atomic E-state index is 12.3. The SMILES string of the molecule is Cc1ccccc1C(=O)NCc1nnc(SCC(=O)c2ccccc2)n1C. The summed E-state index contributed by atoms with van der Waals surface area (Å²) in [6.45, 7) is 2.17. The molecule has 7 heteroatoms. The molecule has 0 saturated heterocycles. The molecule has 0 radical (unpaired) electrons. The lowest BCUT2D eigenvalue weighted by atomic mass is 10.1. The van der Waals surface area contributed by atoms with Crippen molar-refractivity contribution in [3.05, 3.63) is 77.1 Å². The predicted octanol–water partition coefficient (Wildman–Crippen LogP) is 3.03. The van der Waals surface area contributed by atoms with Crippen molar-refractivity contribution in [3.8, 4) is 0 Å². The summed E-state index contributed by atoms with van der Waals surface area (Å²) in [5.74, 6) is 0.806. The van der Waals surface area contributed by atoms with E-state index in [0.29, 0.717) is 22.1 Å². The number of hydrogen-bond donors (Lipinski definition) is 1. The average molecular weight is 380 g/mol. The molecule has 0 aliphatic carbocycles. The van der Waals surface area contributed by atoms with Crippen LogP contribution in [0.2, 0.25) is 0 Å². The Hall–Kier alpha value is -2.93. The van der Waals surface area contributed by atoms with Crippen LogP contribution in [0.4, 0.5) is 0 Å². The van der Waals surface area contributed by atoms with Crippen molar-refractivity contribution in [1.82, 2.24) is 20.1 Å². The van der Waals surface area contributed by atoms with Crippen LogP contribution < -0.4 is 5.32 Å². The van der Waals surface area contributed by atoms with E-state index in [2.05, 4.69) is 15.5 Å². The molecule has 0 bridgehead atoms. The number of amides is 1. The van der Waals surface area contributed by atoms with E-state index in [1.54, 1.807) is 22.8 Å². The second-order valence-electron chi connectivity index (χ2n) is 6.03. The maximum Gasteiger partial charge on any atom is 0.251 e. The van der Waals surface area contributed by atoms with E-state index in [1.807, 2.05) is 50.4 Å². The van der Waals surface area contributed by atoms with Gasteiger partial charge >= 0.3 is 0 Å². The average Bonchev–Trinajstić information content (AvgIpc) is 3.05. The fraction of sp³-hybridized carbons (Fsp3) is 0.200. The summed E-state index contributed by atoms with van der Waals surface area (Å²) < 4.78 is 1.79. The summed E-state index contributed by atoms with van der Waals surface area (Å²) >= 11 is 1.33. The zero-order valence-corrected chi connectivity index (χ0v) is 16.0. The van der Waals surface area contributed by atoms with Crippen LogP contribution in [0.25, 0.3) is 0 Å². The van der Waals surface area contributed by atoms with Gasteiger partial charge in [-0.1, -0.05) is 60.3 Å². The maximum absolute atomic E-state index is 12.3. The van der Waals surface area contributed by atoms with Crippen molar-refractivity contribution < 1.29 is 9.59 Å². The smallest absolute Gasteiger partial charge is 0.251 e. The molecule has 0 saturated carbocycles. The van der Waals surface area contributed by atoms with E-state index < -0.39 is 0 Å². The predicted molar refractivity (Wildman–Crippen MR) is 105 cm³/mol. The Bertz CT molecular complexity index is 954. The Labute approximate surface area is 162 Å². The quantitative estimate of drug-likeness (QED) is 0.504.